The summed E-state index contributed by atoms with van der Waals surface area (Å²) in [6.45, 7) is 5.66. The third kappa shape index (κ3) is 2.87. The van der Waals surface area contributed by atoms with Crippen LogP contribution in [0.5, 0.6) is 0 Å². The number of benzene rings is 1. The standard InChI is InChI=1S/C19H27N3O2/c1-4-17(23)22-9-7-19(8-10-22)12-16(21-18(24)20-3)14-6-5-13(2)11-15(14)19/h5-6,11,16H,4,7-10,12H2,1-3H3,(H2,20,21,24)/t16-/m1/s1. The largest absolute Gasteiger partial charge is 0.343 e. The first kappa shape index (κ1) is 16.8. The van der Waals surface area contributed by atoms with Crippen LogP contribution in [0, 0.1) is 6.92 Å². The van der Waals surface area contributed by atoms with Gasteiger partial charge in [-0.2, -0.15) is 0 Å². The molecule has 2 N–H and O–H groups in total. The van der Waals surface area contributed by atoms with Crippen LogP contribution in [0.1, 0.15) is 55.3 Å². The number of fused-ring (bicyclic) bond motifs is 2. The number of piperidine rings is 1. The van der Waals surface area contributed by atoms with Gasteiger partial charge in [0.1, 0.15) is 0 Å². The fourth-order valence-electron chi connectivity index (χ4n) is 4.28. The van der Waals surface area contributed by atoms with Crippen LogP contribution in [-0.4, -0.2) is 37.0 Å². The van der Waals surface area contributed by atoms with Crippen LogP contribution < -0.4 is 10.6 Å². The topological polar surface area (TPSA) is 61.4 Å². The second kappa shape index (κ2) is 6.46. The van der Waals surface area contributed by atoms with Crippen molar-refractivity contribution in [2.75, 3.05) is 20.1 Å². The fraction of sp³-hybridized carbons (Fsp3) is 0.579. The molecule has 1 saturated heterocycles. The zero-order valence-electron chi connectivity index (χ0n) is 14.8. The summed E-state index contributed by atoms with van der Waals surface area (Å²) >= 11 is 0. The van der Waals surface area contributed by atoms with E-state index in [0.717, 1.165) is 32.4 Å². The fourth-order valence-corrected chi connectivity index (χ4v) is 4.28. The quantitative estimate of drug-likeness (QED) is 0.876. The Bertz CT molecular complexity index is 648. The van der Waals surface area contributed by atoms with Gasteiger partial charge in [0.2, 0.25) is 5.91 Å². The predicted octanol–water partition coefficient (Wildman–Crippen LogP) is 2.64. The van der Waals surface area contributed by atoms with Crippen molar-refractivity contribution < 1.29 is 9.59 Å². The van der Waals surface area contributed by atoms with Gasteiger partial charge < -0.3 is 15.5 Å². The molecule has 1 aromatic rings. The van der Waals surface area contributed by atoms with Crippen LogP contribution in [0.15, 0.2) is 18.2 Å². The second-order valence-electron chi connectivity index (χ2n) is 7.09. The molecule has 0 radical (unpaired) electrons. The molecule has 0 aromatic heterocycles. The first-order valence-electron chi connectivity index (χ1n) is 8.86. The van der Waals surface area contributed by atoms with E-state index in [1.807, 2.05) is 11.8 Å². The van der Waals surface area contributed by atoms with Crippen molar-refractivity contribution in [3.8, 4) is 0 Å². The molecule has 0 unspecified atom stereocenters. The lowest BCUT2D eigenvalue weighted by atomic mass is 9.73. The number of carbonyl (C=O) groups excluding carboxylic acids is 2. The van der Waals surface area contributed by atoms with Crippen LogP contribution in [0.3, 0.4) is 0 Å². The Labute approximate surface area is 143 Å². The first-order valence-corrected chi connectivity index (χ1v) is 8.86. The molecule has 1 fully saturated rings. The van der Waals surface area contributed by atoms with Gasteiger partial charge in [0, 0.05) is 32.0 Å². The Balaban J connectivity index is 1.86. The molecule has 130 valence electrons. The molecule has 1 aromatic carbocycles. The first-order chi connectivity index (χ1) is 11.5. The monoisotopic (exact) mass is 329 g/mol. The summed E-state index contributed by atoms with van der Waals surface area (Å²) in [6.07, 6.45) is 3.44. The smallest absolute Gasteiger partial charge is 0.315 e. The van der Waals surface area contributed by atoms with Crippen LogP contribution in [0.4, 0.5) is 4.79 Å². The highest BCUT2D eigenvalue weighted by Crippen LogP contribution is 2.51. The van der Waals surface area contributed by atoms with E-state index in [0.29, 0.717) is 6.42 Å². The van der Waals surface area contributed by atoms with E-state index >= 15 is 0 Å². The normalized spacial score (nSPS) is 21.5. The predicted molar refractivity (Wildman–Crippen MR) is 93.9 cm³/mol. The molecule has 1 atom stereocenters. The molecular formula is C19H27N3O2. The van der Waals surface area contributed by atoms with E-state index in [1.165, 1.54) is 16.7 Å². The van der Waals surface area contributed by atoms with Gasteiger partial charge in [0.05, 0.1) is 6.04 Å². The highest BCUT2D eigenvalue weighted by molar-refractivity contribution is 5.76. The highest BCUT2D eigenvalue weighted by Gasteiger charge is 2.46. The number of aryl methyl sites for hydroxylation is 1. The van der Waals surface area contributed by atoms with Crippen molar-refractivity contribution in [2.45, 2.75) is 51.0 Å². The van der Waals surface area contributed by atoms with Crippen molar-refractivity contribution in [1.29, 1.82) is 0 Å². The number of hydrogen-bond donors (Lipinski definition) is 2. The van der Waals surface area contributed by atoms with Crippen LogP contribution in [0.25, 0.3) is 0 Å². The number of carbonyl (C=O) groups is 2. The Morgan fingerprint density at radius 3 is 2.62 bits per heavy atom. The minimum absolute atomic E-state index is 0.0500. The zero-order valence-corrected chi connectivity index (χ0v) is 14.8. The van der Waals surface area contributed by atoms with Crippen molar-refractivity contribution in [3.05, 3.63) is 34.9 Å². The summed E-state index contributed by atoms with van der Waals surface area (Å²) in [4.78, 5) is 25.8. The third-order valence-corrected chi connectivity index (χ3v) is 5.66. The summed E-state index contributed by atoms with van der Waals surface area (Å²) in [5, 5.41) is 5.74. The molecule has 1 heterocycles. The lowest BCUT2D eigenvalue weighted by molar-refractivity contribution is -0.132. The number of amides is 3. The molecule has 0 saturated carbocycles. The van der Waals surface area contributed by atoms with E-state index < -0.39 is 0 Å². The summed E-state index contributed by atoms with van der Waals surface area (Å²) < 4.78 is 0. The molecular weight excluding hydrogens is 302 g/mol. The molecule has 24 heavy (non-hydrogen) atoms. The number of likely N-dealkylation sites (tertiary alicyclic amines) is 1. The maximum atomic E-state index is 12.0. The molecule has 3 amide bonds. The lowest BCUT2D eigenvalue weighted by Crippen LogP contribution is -2.44. The van der Waals surface area contributed by atoms with Crippen LogP contribution in [-0.2, 0) is 10.2 Å². The zero-order chi connectivity index (χ0) is 17.3. The minimum Gasteiger partial charge on any atom is -0.343 e. The van der Waals surface area contributed by atoms with E-state index in [-0.39, 0.29) is 23.4 Å². The van der Waals surface area contributed by atoms with Gasteiger partial charge in [-0.15, -0.1) is 0 Å². The SMILES string of the molecule is CCC(=O)N1CCC2(CC1)C[C@@H](NC(=O)NC)c1ccc(C)cc12. The number of hydrogen-bond acceptors (Lipinski definition) is 2. The summed E-state index contributed by atoms with van der Waals surface area (Å²) in [5.41, 5.74) is 3.94. The maximum Gasteiger partial charge on any atom is 0.315 e. The van der Waals surface area contributed by atoms with Crippen molar-refractivity contribution in [3.63, 3.8) is 0 Å². The second-order valence-corrected chi connectivity index (χ2v) is 7.09. The molecule has 5 heteroatoms. The van der Waals surface area contributed by atoms with Gasteiger partial charge in [-0.3, -0.25) is 4.79 Å². The molecule has 3 rings (SSSR count). The van der Waals surface area contributed by atoms with Gasteiger partial charge in [-0.1, -0.05) is 30.7 Å². The van der Waals surface area contributed by atoms with Gasteiger partial charge in [0.15, 0.2) is 0 Å². The summed E-state index contributed by atoms with van der Waals surface area (Å²) in [7, 11) is 1.64. The maximum absolute atomic E-state index is 12.0. The van der Waals surface area contributed by atoms with Crippen molar-refractivity contribution in [1.82, 2.24) is 15.5 Å². The van der Waals surface area contributed by atoms with E-state index in [2.05, 4.69) is 35.8 Å². The Morgan fingerprint density at radius 1 is 1.29 bits per heavy atom. The Morgan fingerprint density at radius 2 is 2.00 bits per heavy atom. The summed E-state index contributed by atoms with van der Waals surface area (Å²) in [6, 6.07) is 6.46. The lowest BCUT2D eigenvalue weighted by Gasteiger charge is -2.40. The number of nitrogens with one attached hydrogen (secondary N) is 2. The number of nitrogens with zero attached hydrogens (tertiary/aromatic N) is 1. The molecule has 0 bridgehead atoms. The van der Waals surface area contributed by atoms with Gasteiger partial charge in [-0.25, -0.2) is 4.79 Å². The number of urea groups is 1. The van der Waals surface area contributed by atoms with Crippen LogP contribution in [0.2, 0.25) is 0 Å². The van der Waals surface area contributed by atoms with Crippen LogP contribution >= 0.6 is 0 Å². The molecule has 2 aliphatic rings. The van der Waals surface area contributed by atoms with E-state index in [4.69, 9.17) is 0 Å². The molecule has 1 aliphatic carbocycles. The Hall–Kier alpha value is -2.04. The highest BCUT2D eigenvalue weighted by atomic mass is 16.2. The third-order valence-electron chi connectivity index (χ3n) is 5.66. The van der Waals surface area contributed by atoms with Gasteiger partial charge >= 0.3 is 6.03 Å². The molecule has 5 nitrogen and oxygen atoms in total. The number of rotatable bonds is 2. The molecule has 1 spiro atoms. The van der Waals surface area contributed by atoms with Crippen molar-refractivity contribution >= 4 is 11.9 Å². The Kier molecular flexibility index (Phi) is 4.52. The average Bonchev–Trinajstić information content (AvgIpc) is 2.87. The molecule has 1 aliphatic heterocycles. The van der Waals surface area contributed by atoms with E-state index in [9.17, 15) is 9.59 Å². The van der Waals surface area contributed by atoms with E-state index in [1.54, 1.807) is 7.05 Å². The van der Waals surface area contributed by atoms with Gasteiger partial charge in [0.25, 0.3) is 0 Å². The minimum atomic E-state index is -0.137. The summed E-state index contributed by atoms with van der Waals surface area (Å²) in [5.74, 6) is 0.243. The van der Waals surface area contributed by atoms with Crippen molar-refractivity contribution in [2.24, 2.45) is 0 Å². The average molecular weight is 329 g/mol. The van der Waals surface area contributed by atoms with Gasteiger partial charge in [-0.05, 0) is 37.3 Å².